The number of ether oxygens (including phenoxy) is 1. The summed E-state index contributed by atoms with van der Waals surface area (Å²) in [6, 6.07) is -0.199. The van der Waals surface area contributed by atoms with Gasteiger partial charge in [0.1, 0.15) is 0 Å². The largest absolute Gasteiger partial charge is 0.383 e. The van der Waals surface area contributed by atoms with Crippen molar-refractivity contribution < 1.29 is 17.9 Å². The lowest BCUT2D eigenvalue weighted by molar-refractivity contribution is -0.133. The molecule has 0 aromatic carbocycles. The highest BCUT2D eigenvalue weighted by atomic mass is 32.2. The lowest BCUT2D eigenvalue weighted by atomic mass is 10.2. The zero-order chi connectivity index (χ0) is 13.6. The Morgan fingerprint density at radius 3 is 2.72 bits per heavy atom. The van der Waals surface area contributed by atoms with E-state index < -0.39 is 9.84 Å². The van der Waals surface area contributed by atoms with Crippen LogP contribution in [0.3, 0.4) is 0 Å². The zero-order valence-corrected chi connectivity index (χ0v) is 11.6. The summed E-state index contributed by atoms with van der Waals surface area (Å²) in [6.45, 7) is 1.33. The van der Waals surface area contributed by atoms with E-state index in [9.17, 15) is 13.2 Å². The van der Waals surface area contributed by atoms with E-state index in [4.69, 9.17) is 10.5 Å². The van der Waals surface area contributed by atoms with Crippen LogP contribution in [0.25, 0.3) is 0 Å². The normalized spacial score (nSPS) is 22.0. The molecule has 6 nitrogen and oxygen atoms in total. The van der Waals surface area contributed by atoms with Gasteiger partial charge in [0, 0.05) is 26.1 Å². The van der Waals surface area contributed by atoms with Gasteiger partial charge >= 0.3 is 0 Å². The van der Waals surface area contributed by atoms with E-state index in [1.54, 1.807) is 12.0 Å². The SMILES string of the molecule is COCCN(C(=O)CCCN)C1CCS(=O)(=O)C1. The Morgan fingerprint density at radius 1 is 1.50 bits per heavy atom. The standard InChI is InChI=1S/C11H22N2O4S/c1-17-7-6-13(11(14)3-2-5-12)10-4-8-18(15,16)9-10/h10H,2-9,12H2,1H3. The smallest absolute Gasteiger partial charge is 0.222 e. The van der Waals surface area contributed by atoms with Crippen LogP contribution < -0.4 is 5.73 Å². The van der Waals surface area contributed by atoms with Crippen LogP contribution in [0.15, 0.2) is 0 Å². The maximum atomic E-state index is 12.0. The first-order valence-corrected chi connectivity index (χ1v) is 8.01. The molecule has 0 radical (unpaired) electrons. The van der Waals surface area contributed by atoms with E-state index >= 15 is 0 Å². The van der Waals surface area contributed by atoms with Crippen LogP contribution in [0.2, 0.25) is 0 Å². The molecule has 1 amide bonds. The summed E-state index contributed by atoms with van der Waals surface area (Å²) in [7, 11) is -1.42. The molecule has 1 unspecified atom stereocenters. The van der Waals surface area contributed by atoms with Gasteiger partial charge in [0.2, 0.25) is 5.91 Å². The summed E-state index contributed by atoms with van der Waals surface area (Å²) in [6.07, 6.45) is 1.53. The summed E-state index contributed by atoms with van der Waals surface area (Å²) in [5.74, 6) is 0.218. The predicted molar refractivity (Wildman–Crippen MR) is 68.9 cm³/mol. The van der Waals surface area contributed by atoms with Gasteiger partial charge < -0.3 is 15.4 Å². The molecule has 2 N–H and O–H groups in total. The molecule has 1 aliphatic heterocycles. The lowest BCUT2D eigenvalue weighted by Crippen LogP contribution is -2.43. The fraction of sp³-hybridized carbons (Fsp3) is 0.909. The van der Waals surface area contributed by atoms with Crippen LogP contribution in [0.4, 0.5) is 0 Å². The topological polar surface area (TPSA) is 89.7 Å². The Labute approximate surface area is 108 Å². The Balaban J connectivity index is 2.63. The van der Waals surface area contributed by atoms with E-state index in [1.807, 2.05) is 0 Å². The minimum atomic E-state index is -2.98. The molecular formula is C11H22N2O4S. The number of hydrogen-bond donors (Lipinski definition) is 1. The Hall–Kier alpha value is -0.660. The molecule has 106 valence electrons. The van der Waals surface area contributed by atoms with Crippen LogP contribution in [-0.2, 0) is 19.4 Å². The number of carbonyl (C=O) groups excluding carboxylic acids is 1. The van der Waals surface area contributed by atoms with Gasteiger partial charge in [0.15, 0.2) is 9.84 Å². The molecule has 1 atom stereocenters. The average Bonchev–Trinajstić information content (AvgIpc) is 2.67. The fourth-order valence-corrected chi connectivity index (χ4v) is 3.85. The van der Waals surface area contributed by atoms with E-state index in [1.165, 1.54) is 0 Å². The molecule has 0 aromatic heterocycles. The maximum absolute atomic E-state index is 12.0. The predicted octanol–water partition coefficient (Wildman–Crippen LogP) is -0.613. The molecule has 0 aromatic rings. The van der Waals surface area contributed by atoms with Gasteiger partial charge in [-0.15, -0.1) is 0 Å². The van der Waals surface area contributed by atoms with Gasteiger partial charge in [0.25, 0.3) is 0 Å². The van der Waals surface area contributed by atoms with Crippen molar-refractivity contribution in [3.8, 4) is 0 Å². The summed E-state index contributed by atoms with van der Waals surface area (Å²) in [4.78, 5) is 13.7. The first-order chi connectivity index (χ1) is 8.50. The van der Waals surface area contributed by atoms with E-state index in [0.717, 1.165) is 0 Å². The summed E-state index contributed by atoms with van der Waals surface area (Å²) < 4.78 is 27.9. The Morgan fingerprint density at radius 2 is 2.22 bits per heavy atom. The van der Waals surface area contributed by atoms with Gasteiger partial charge in [-0.3, -0.25) is 4.79 Å². The van der Waals surface area contributed by atoms with Gasteiger partial charge in [-0.05, 0) is 19.4 Å². The zero-order valence-electron chi connectivity index (χ0n) is 10.8. The molecule has 0 bridgehead atoms. The quantitative estimate of drug-likeness (QED) is 0.671. The highest BCUT2D eigenvalue weighted by molar-refractivity contribution is 7.91. The monoisotopic (exact) mass is 278 g/mol. The number of amides is 1. The second kappa shape index (κ2) is 7.06. The van der Waals surface area contributed by atoms with Crippen LogP contribution >= 0.6 is 0 Å². The first-order valence-electron chi connectivity index (χ1n) is 6.19. The van der Waals surface area contributed by atoms with Crippen LogP contribution in [-0.4, -0.2) is 63.6 Å². The number of hydrogen-bond acceptors (Lipinski definition) is 5. The summed E-state index contributed by atoms with van der Waals surface area (Å²) in [5, 5.41) is 0. The van der Waals surface area contributed by atoms with E-state index in [0.29, 0.717) is 39.0 Å². The molecule has 1 fully saturated rings. The molecule has 1 heterocycles. The van der Waals surface area contributed by atoms with Gasteiger partial charge in [-0.25, -0.2) is 8.42 Å². The lowest BCUT2D eigenvalue weighted by Gasteiger charge is -2.28. The molecule has 18 heavy (non-hydrogen) atoms. The number of carbonyl (C=O) groups is 1. The fourth-order valence-electron chi connectivity index (χ4n) is 2.12. The van der Waals surface area contributed by atoms with Gasteiger partial charge in [-0.2, -0.15) is 0 Å². The number of rotatable bonds is 7. The molecular weight excluding hydrogens is 256 g/mol. The summed E-state index contributed by atoms with van der Waals surface area (Å²) >= 11 is 0. The second-order valence-corrected chi connectivity index (χ2v) is 6.76. The number of sulfone groups is 1. The van der Waals surface area contributed by atoms with Crippen molar-refractivity contribution in [3.05, 3.63) is 0 Å². The van der Waals surface area contributed by atoms with Crippen molar-refractivity contribution in [2.75, 3.05) is 38.3 Å². The van der Waals surface area contributed by atoms with Crippen molar-refractivity contribution in [2.45, 2.75) is 25.3 Å². The van der Waals surface area contributed by atoms with E-state index in [2.05, 4.69) is 0 Å². The van der Waals surface area contributed by atoms with Crippen molar-refractivity contribution >= 4 is 15.7 Å². The van der Waals surface area contributed by atoms with Crippen molar-refractivity contribution in [3.63, 3.8) is 0 Å². The molecule has 1 rings (SSSR count). The minimum absolute atomic E-state index is 0.0281. The maximum Gasteiger partial charge on any atom is 0.222 e. The van der Waals surface area contributed by atoms with Gasteiger partial charge in [0.05, 0.1) is 18.1 Å². The Bertz CT molecular complexity index is 369. The second-order valence-electron chi connectivity index (χ2n) is 4.53. The molecule has 0 saturated carbocycles. The first kappa shape index (κ1) is 15.4. The Kier molecular flexibility index (Phi) is 6.04. The average molecular weight is 278 g/mol. The summed E-state index contributed by atoms with van der Waals surface area (Å²) in [5.41, 5.74) is 5.38. The molecule has 1 saturated heterocycles. The van der Waals surface area contributed by atoms with Crippen LogP contribution in [0.5, 0.6) is 0 Å². The highest BCUT2D eigenvalue weighted by Gasteiger charge is 2.34. The number of methoxy groups -OCH3 is 1. The van der Waals surface area contributed by atoms with Crippen molar-refractivity contribution in [1.29, 1.82) is 0 Å². The van der Waals surface area contributed by atoms with Crippen molar-refractivity contribution in [2.24, 2.45) is 5.73 Å². The van der Waals surface area contributed by atoms with Crippen LogP contribution in [0.1, 0.15) is 19.3 Å². The van der Waals surface area contributed by atoms with E-state index in [-0.39, 0.29) is 23.5 Å². The third-order valence-electron chi connectivity index (χ3n) is 3.10. The number of nitrogens with two attached hydrogens (primary N) is 1. The minimum Gasteiger partial charge on any atom is -0.383 e. The third kappa shape index (κ3) is 4.55. The molecule has 0 aliphatic carbocycles. The molecule has 0 spiro atoms. The third-order valence-corrected chi connectivity index (χ3v) is 4.85. The number of nitrogens with zero attached hydrogens (tertiary/aromatic N) is 1. The van der Waals surface area contributed by atoms with Gasteiger partial charge in [-0.1, -0.05) is 0 Å². The van der Waals surface area contributed by atoms with Crippen molar-refractivity contribution in [1.82, 2.24) is 4.90 Å². The molecule has 7 heteroatoms. The van der Waals surface area contributed by atoms with Crippen LogP contribution in [0, 0.1) is 0 Å². The molecule has 1 aliphatic rings. The highest BCUT2D eigenvalue weighted by Crippen LogP contribution is 2.18.